The highest BCUT2D eigenvalue weighted by Crippen LogP contribution is 2.42. The summed E-state index contributed by atoms with van der Waals surface area (Å²) in [5.41, 5.74) is 1.07. The molecule has 2 aromatic rings. The van der Waals surface area contributed by atoms with Crippen molar-refractivity contribution < 1.29 is 9.59 Å². The number of ketones is 1. The summed E-state index contributed by atoms with van der Waals surface area (Å²) in [5.74, 6) is -1.05. The van der Waals surface area contributed by atoms with Gasteiger partial charge in [-0.15, -0.1) is 0 Å². The molecule has 1 amide bonds. The van der Waals surface area contributed by atoms with Gasteiger partial charge in [0.05, 0.1) is 10.7 Å². The molecule has 1 unspecified atom stereocenters. The zero-order chi connectivity index (χ0) is 14.3. The smallest absolute Gasteiger partial charge is 0.258 e. The molecule has 0 saturated carbocycles. The summed E-state index contributed by atoms with van der Waals surface area (Å²) in [5, 5.41) is 2.94. The van der Waals surface area contributed by atoms with Gasteiger partial charge >= 0.3 is 0 Å². The molecule has 0 aromatic heterocycles. The maximum absolute atomic E-state index is 12.7. The molecule has 20 heavy (non-hydrogen) atoms. The Kier molecular flexibility index (Phi) is 3.04. The van der Waals surface area contributed by atoms with Gasteiger partial charge in [-0.05, 0) is 17.7 Å². The van der Waals surface area contributed by atoms with Crippen LogP contribution in [0.5, 0.6) is 0 Å². The maximum atomic E-state index is 12.7. The number of amides is 1. The van der Waals surface area contributed by atoms with E-state index in [0.29, 0.717) is 21.8 Å². The van der Waals surface area contributed by atoms with E-state index >= 15 is 0 Å². The molecule has 1 aliphatic rings. The van der Waals surface area contributed by atoms with Crippen LogP contribution in [0.15, 0.2) is 48.5 Å². The first-order chi connectivity index (χ1) is 9.55. The highest BCUT2D eigenvalue weighted by atomic mass is 35.5. The standard InChI is InChI=1S/C15H9Cl2NO2/c16-11-8-4-7-10-12(11)18-14(20)15(17,13(10)19)9-5-2-1-3-6-9/h1-8H,(H,18,20). The summed E-state index contributed by atoms with van der Waals surface area (Å²) < 4.78 is 0. The van der Waals surface area contributed by atoms with Crippen LogP contribution in [0.3, 0.4) is 0 Å². The van der Waals surface area contributed by atoms with E-state index in [0.717, 1.165) is 0 Å². The van der Waals surface area contributed by atoms with Crippen LogP contribution in [-0.4, -0.2) is 11.7 Å². The van der Waals surface area contributed by atoms with Crippen molar-refractivity contribution in [2.75, 3.05) is 5.32 Å². The second-order valence-electron chi connectivity index (χ2n) is 4.47. The number of anilines is 1. The van der Waals surface area contributed by atoms with E-state index in [1.54, 1.807) is 48.5 Å². The lowest BCUT2D eigenvalue weighted by Crippen LogP contribution is -2.46. The highest BCUT2D eigenvalue weighted by molar-refractivity contribution is 6.52. The SMILES string of the molecule is O=C1Nc2c(Cl)cccc2C(=O)C1(Cl)c1ccccc1. The minimum atomic E-state index is -1.75. The predicted octanol–water partition coefficient (Wildman–Crippen LogP) is 3.61. The van der Waals surface area contributed by atoms with Gasteiger partial charge in [-0.25, -0.2) is 0 Å². The zero-order valence-electron chi connectivity index (χ0n) is 10.2. The zero-order valence-corrected chi connectivity index (χ0v) is 11.7. The number of benzene rings is 2. The lowest BCUT2D eigenvalue weighted by molar-refractivity contribution is -0.117. The molecule has 0 radical (unpaired) electrons. The largest absolute Gasteiger partial charge is 0.322 e. The van der Waals surface area contributed by atoms with Crippen LogP contribution in [0.1, 0.15) is 15.9 Å². The van der Waals surface area contributed by atoms with Crippen molar-refractivity contribution in [1.82, 2.24) is 0 Å². The van der Waals surface area contributed by atoms with Crippen LogP contribution in [-0.2, 0) is 9.67 Å². The maximum Gasteiger partial charge on any atom is 0.258 e. The molecule has 5 heteroatoms. The monoisotopic (exact) mass is 305 g/mol. The van der Waals surface area contributed by atoms with Crippen LogP contribution in [0.25, 0.3) is 0 Å². The first-order valence-electron chi connectivity index (χ1n) is 5.94. The van der Waals surface area contributed by atoms with E-state index in [1.165, 1.54) is 0 Å². The predicted molar refractivity (Wildman–Crippen MR) is 78.4 cm³/mol. The molecule has 1 atom stereocenters. The van der Waals surface area contributed by atoms with Crippen LogP contribution in [0, 0.1) is 0 Å². The van der Waals surface area contributed by atoms with Crippen molar-refractivity contribution in [2.45, 2.75) is 4.87 Å². The average molecular weight is 306 g/mol. The number of Topliss-reactive ketones (excluding diaryl/α,β-unsaturated/α-hetero) is 1. The first-order valence-corrected chi connectivity index (χ1v) is 6.70. The number of carbonyl (C=O) groups excluding carboxylic acids is 2. The fourth-order valence-corrected chi connectivity index (χ4v) is 2.76. The number of alkyl halides is 1. The number of hydrogen-bond acceptors (Lipinski definition) is 2. The molecule has 0 spiro atoms. The molecule has 0 saturated heterocycles. The van der Waals surface area contributed by atoms with Gasteiger partial charge in [0.25, 0.3) is 5.91 Å². The van der Waals surface area contributed by atoms with Gasteiger partial charge in [-0.2, -0.15) is 0 Å². The topological polar surface area (TPSA) is 46.2 Å². The quantitative estimate of drug-likeness (QED) is 0.646. The van der Waals surface area contributed by atoms with E-state index < -0.39 is 16.6 Å². The van der Waals surface area contributed by atoms with Crippen molar-refractivity contribution in [2.24, 2.45) is 0 Å². The third kappa shape index (κ3) is 1.74. The number of fused-ring (bicyclic) bond motifs is 1. The summed E-state index contributed by atoms with van der Waals surface area (Å²) in [6.45, 7) is 0. The second kappa shape index (κ2) is 4.62. The van der Waals surface area contributed by atoms with Crippen LogP contribution in [0.2, 0.25) is 5.02 Å². The normalized spacial score (nSPS) is 21.3. The number of nitrogens with one attached hydrogen (secondary N) is 1. The van der Waals surface area contributed by atoms with E-state index in [1.807, 2.05) is 0 Å². The van der Waals surface area contributed by atoms with Gasteiger partial charge in [0, 0.05) is 5.56 Å². The molecule has 2 aromatic carbocycles. The molecular weight excluding hydrogens is 297 g/mol. The Hall–Kier alpha value is -1.84. The minimum Gasteiger partial charge on any atom is -0.322 e. The molecule has 0 bridgehead atoms. The van der Waals surface area contributed by atoms with E-state index in [9.17, 15) is 9.59 Å². The average Bonchev–Trinajstić information content (AvgIpc) is 2.47. The van der Waals surface area contributed by atoms with Crippen molar-refractivity contribution in [3.8, 4) is 0 Å². The van der Waals surface area contributed by atoms with Gasteiger partial charge in [0.1, 0.15) is 0 Å². The van der Waals surface area contributed by atoms with Crippen molar-refractivity contribution in [3.63, 3.8) is 0 Å². The van der Waals surface area contributed by atoms with E-state index in [-0.39, 0.29) is 0 Å². The Morgan fingerprint density at radius 2 is 1.65 bits per heavy atom. The molecule has 0 fully saturated rings. The van der Waals surface area contributed by atoms with Gasteiger partial charge in [0.15, 0.2) is 5.78 Å². The Morgan fingerprint density at radius 3 is 2.35 bits per heavy atom. The van der Waals surface area contributed by atoms with E-state index in [2.05, 4.69) is 5.32 Å². The Balaban J connectivity index is 2.21. The van der Waals surface area contributed by atoms with Gasteiger partial charge in [0.2, 0.25) is 4.87 Å². The molecule has 3 rings (SSSR count). The molecule has 1 heterocycles. The molecule has 1 N–H and O–H groups in total. The first kappa shape index (κ1) is 13.2. The number of halogens is 2. The molecule has 3 nitrogen and oxygen atoms in total. The second-order valence-corrected chi connectivity index (χ2v) is 5.44. The summed E-state index contributed by atoms with van der Waals surface area (Å²) in [6, 6.07) is 13.4. The Morgan fingerprint density at radius 1 is 0.950 bits per heavy atom. The summed E-state index contributed by atoms with van der Waals surface area (Å²) in [6.07, 6.45) is 0. The third-order valence-corrected chi connectivity index (χ3v) is 4.17. The Bertz CT molecular complexity index is 715. The summed E-state index contributed by atoms with van der Waals surface area (Å²) >= 11 is 12.4. The van der Waals surface area contributed by atoms with Crippen LogP contribution in [0.4, 0.5) is 5.69 Å². The summed E-state index contributed by atoms with van der Waals surface area (Å²) in [7, 11) is 0. The number of rotatable bonds is 1. The van der Waals surface area contributed by atoms with Crippen molar-refractivity contribution >= 4 is 40.6 Å². The Labute approximate surface area is 125 Å². The van der Waals surface area contributed by atoms with Crippen LogP contribution < -0.4 is 5.32 Å². The number of para-hydroxylation sites is 1. The molecular formula is C15H9Cl2NO2. The van der Waals surface area contributed by atoms with E-state index in [4.69, 9.17) is 23.2 Å². The molecule has 100 valence electrons. The number of hydrogen-bond donors (Lipinski definition) is 1. The van der Waals surface area contributed by atoms with Gasteiger partial charge < -0.3 is 5.32 Å². The lowest BCUT2D eigenvalue weighted by Gasteiger charge is -2.31. The van der Waals surface area contributed by atoms with Gasteiger partial charge in [-0.1, -0.05) is 59.6 Å². The molecule has 0 aliphatic carbocycles. The summed E-state index contributed by atoms with van der Waals surface area (Å²) in [4.78, 5) is 23.2. The lowest BCUT2D eigenvalue weighted by atomic mass is 9.85. The third-order valence-electron chi connectivity index (χ3n) is 3.29. The van der Waals surface area contributed by atoms with Gasteiger partial charge in [-0.3, -0.25) is 9.59 Å². The number of carbonyl (C=O) groups is 2. The molecule has 1 aliphatic heterocycles. The van der Waals surface area contributed by atoms with Crippen LogP contribution >= 0.6 is 23.2 Å². The highest BCUT2D eigenvalue weighted by Gasteiger charge is 2.50. The minimum absolute atomic E-state index is 0.316. The van der Waals surface area contributed by atoms with Crippen molar-refractivity contribution in [3.05, 3.63) is 64.7 Å². The fourth-order valence-electron chi connectivity index (χ4n) is 2.26. The van der Waals surface area contributed by atoms with Crippen molar-refractivity contribution in [1.29, 1.82) is 0 Å². The fraction of sp³-hybridized carbons (Fsp3) is 0.0667.